The quantitative estimate of drug-likeness (QED) is 0.615. The van der Waals surface area contributed by atoms with E-state index in [0.29, 0.717) is 5.15 Å². The van der Waals surface area contributed by atoms with Gasteiger partial charge in [0, 0.05) is 16.8 Å². The van der Waals surface area contributed by atoms with Gasteiger partial charge in [0.1, 0.15) is 10.9 Å². The third-order valence-electron chi connectivity index (χ3n) is 2.26. The van der Waals surface area contributed by atoms with Crippen LogP contribution in [0.1, 0.15) is 5.56 Å². The fourth-order valence-electron chi connectivity index (χ4n) is 1.34. The Bertz CT molecular complexity index is 470. The summed E-state index contributed by atoms with van der Waals surface area (Å²) in [7, 11) is 1.67. The minimum Gasteiger partial charge on any atom is -0.497 e. The van der Waals surface area contributed by atoms with E-state index in [2.05, 4.69) is 17.1 Å². The predicted molar refractivity (Wildman–Crippen MR) is 71.8 cm³/mol. The van der Waals surface area contributed by atoms with E-state index in [1.165, 1.54) is 5.56 Å². The van der Waals surface area contributed by atoms with Gasteiger partial charge in [-0.3, -0.25) is 0 Å². The molecule has 0 bridgehead atoms. The fraction of sp³-hybridized carbons (Fsp3) is 0.154. The molecule has 88 valence electrons. The first-order chi connectivity index (χ1) is 8.28. The Morgan fingerprint density at radius 2 is 1.94 bits per heavy atom. The van der Waals surface area contributed by atoms with E-state index in [0.717, 1.165) is 16.4 Å². The van der Waals surface area contributed by atoms with Gasteiger partial charge in [-0.1, -0.05) is 23.7 Å². The van der Waals surface area contributed by atoms with Crippen LogP contribution in [0.2, 0.25) is 5.15 Å². The van der Waals surface area contributed by atoms with Crippen LogP contribution in [-0.2, 0) is 5.75 Å². The highest BCUT2D eigenvalue weighted by atomic mass is 35.5. The van der Waals surface area contributed by atoms with Crippen LogP contribution in [0.25, 0.3) is 0 Å². The molecule has 1 aromatic heterocycles. The third kappa shape index (κ3) is 3.65. The Hall–Kier alpha value is -1.19. The van der Waals surface area contributed by atoms with Gasteiger partial charge in [0.2, 0.25) is 0 Å². The Balaban J connectivity index is 1.95. The van der Waals surface area contributed by atoms with Crippen LogP contribution in [0, 0.1) is 0 Å². The zero-order valence-corrected chi connectivity index (χ0v) is 11.0. The molecule has 0 aliphatic carbocycles. The Morgan fingerprint density at radius 1 is 1.18 bits per heavy atom. The van der Waals surface area contributed by atoms with E-state index >= 15 is 0 Å². The monoisotopic (exact) mass is 265 g/mol. The molecule has 1 heterocycles. The summed E-state index contributed by atoms with van der Waals surface area (Å²) in [6.07, 6.45) is 1.79. The summed E-state index contributed by atoms with van der Waals surface area (Å²) in [5, 5.41) is 0.527. The molecule has 4 heteroatoms. The van der Waals surface area contributed by atoms with Crippen molar-refractivity contribution in [3.8, 4) is 5.75 Å². The summed E-state index contributed by atoms with van der Waals surface area (Å²) in [5.74, 6) is 1.79. The summed E-state index contributed by atoms with van der Waals surface area (Å²) in [4.78, 5) is 5.16. The Morgan fingerprint density at radius 3 is 2.53 bits per heavy atom. The number of halogens is 1. The zero-order chi connectivity index (χ0) is 12.1. The fourth-order valence-corrected chi connectivity index (χ4v) is 2.27. The van der Waals surface area contributed by atoms with Gasteiger partial charge in [-0.15, -0.1) is 11.8 Å². The molecular weight excluding hydrogens is 254 g/mol. The summed E-state index contributed by atoms with van der Waals surface area (Å²) < 4.78 is 5.11. The predicted octanol–water partition coefficient (Wildman–Crippen LogP) is 4.04. The number of thioether (sulfide) groups is 1. The number of methoxy groups -OCH3 is 1. The van der Waals surface area contributed by atoms with Gasteiger partial charge in [0.15, 0.2) is 0 Å². The minimum atomic E-state index is 0.527. The maximum atomic E-state index is 5.73. The van der Waals surface area contributed by atoms with Crippen LogP contribution in [-0.4, -0.2) is 12.1 Å². The maximum Gasteiger partial charge on any atom is 0.129 e. The molecule has 2 aromatic rings. The molecule has 0 amide bonds. The number of benzene rings is 1. The number of pyridine rings is 1. The summed E-state index contributed by atoms with van der Waals surface area (Å²) in [5.41, 5.74) is 1.26. The van der Waals surface area contributed by atoms with Crippen molar-refractivity contribution >= 4 is 23.4 Å². The van der Waals surface area contributed by atoms with Gasteiger partial charge < -0.3 is 4.74 Å². The van der Waals surface area contributed by atoms with Gasteiger partial charge in [0.05, 0.1) is 7.11 Å². The van der Waals surface area contributed by atoms with E-state index in [-0.39, 0.29) is 0 Å². The summed E-state index contributed by atoms with van der Waals surface area (Å²) >= 11 is 7.46. The number of hydrogen-bond donors (Lipinski definition) is 0. The van der Waals surface area contributed by atoms with Gasteiger partial charge in [-0.2, -0.15) is 0 Å². The average Bonchev–Trinajstić information content (AvgIpc) is 2.39. The zero-order valence-electron chi connectivity index (χ0n) is 9.39. The highest BCUT2D eigenvalue weighted by Crippen LogP contribution is 2.23. The van der Waals surface area contributed by atoms with Crippen molar-refractivity contribution in [2.45, 2.75) is 10.6 Å². The van der Waals surface area contributed by atoms with E-state index in [1.54, 1.807) is 31.1 Å². The lowest BCUT2D eigenvalue weighted by Gasteiger charge is -2.03. The van der Waals surface area contributed by atoms with Crippen LogP contribution in [0.4, 0.5) is 0 Å². The van der Waals surface area contributed by atoms with Crippen LogP contribution >= 0.6 is 23.4 Å². The van der Waals surface area contributed by atoms with Crippen LogP contribution < -0.4 is 4.74 Å². The smallest absolute Gasteiger partial charge is 0.129 e. The molecule has 0 fully saturated rings. The standard InChI is InChI=1S/C13H12ClNOS/c1-16-11-4-2-10(3-5-11)9-17-12-6-7-13(14)15-8-12/h2-8H,9H2,1H3. The number of nitrogens with zero attached hydrogens (tertiary/aromatic N) is 1. The molecule has 0 spiro atoms. The molecule has 0 aliphatic rings. The number of hydrogen-bond acceptors (Lipinski definition) is 3. The summed E-state index contributed by atoms with van der Waals surface area (Å²) in [6, 6.07) is 11.8. The first kappa shape index (κ1) is 12.3. The number of aromatic nitrogens is 1. The van der Waals surface area contributed by atoms with Crippen LogP contribution in [0.5, 0.6) is 5.75 Å². The second kappa shape index (κ2) is 5.94. The highest BCUT2D eigenvalue weighted by molar-refractivity contribution is 7.98. The maximum absolute atomic E-state index is 5.73. The van der Waals surface area contributed by atoms with Crippen molar-refractivity contribution in [2.75, 3.05) is 7.11 Å². The molecule has 0 saturated carbocycles. The lowest BCUT2D eigenvalue weighted by Crippen LogP contribution is -1.84. The second-order valence-corrected chi connectivity index (χ2v) is 4.89. The van der Waals surface area contributed by atoms with Crippen molar-refractivity contribution < 1.29 is 4.74 Å². The Labute approximate surface area is 110 Å². The molecular formula is C13H12ClNOS. The first-order valence-corrected chi connectivity index (χ1v) is 6.51. The highest BCUT2D eigenvalue weighted by Gasteiger charge is 1.98. The molecule has 0 N–H and O–H groups in total. The van der Waals surface area contributed by atoms with Crippen molar-refractivity contribution in [3.63, 3.8) is 0 Å². The molecule has 0 radical (unpaired) electrons. The van der Waals surface area contributed by atoms with Crippen LogP contribution in [0.15, 0.2) is 47.5 Å². The molecule has 1 aromatic carbocycles. The topological polar surface area (TPSA) is 22.1 Å². The van der Waals surface area contributed by atoms with Crippen LogP contribution in [0.3, 0.4) is 0 Å². The van der Waals surface area contributed by atoms with Gasteiger partial charge in [0.25, 0.3) is 0 Å². The molecule has 0 saturated heterocycles. The average molecular weight is 266 g/mol. The van der Waals surface area contributed by atoms with E-state index < -0.39 is 0 Å². The van der Waals surface area contributed by atoms with Crippen molar-refractivity contribution in [3.05, 3.63) is 53.3 Å². The van der Waals surface area contributed by atoms with Gasteiger partial charge in [-0.05, 0) is 29.8 Å². The van der Waals surface area contributed by atoms with Gasteiger partial charge in [-0.25, -0.2) is 4.98 Å². The van der Waals surface area contributed by atoms with E-state index in [1.807, 2.05) is 18.2 Å². The molecule has 0 aliphatic heterocycles. The normalized spacial score (nSPS) is 10.2. The second-order valence-electron chi connectivity index (χ2n) is 3.45. The lowest BCUT2D eigenvalue weighted by atomic mass is 10.2. The van der Waals surface area contributed by atoms with Gasteiger partial charge >= 0.3 is 0 Å². The number of rotatable bonds is 4. The SMILES string of the molecule is COc1ccc(CSc2ccc(Cl)nc2)cc1. The summed E-state index contributed by atoms with van der Waals surface area (Å²) in [6.45, 7) is 0. The molecule has 2 rings (SSSR count). The van der Waals surface area contributed by atoms with Crippen molar-refractivity contribution in [2.24, 2.45) is 0 Å². The third-order valence-corrected chi connectivity index (χ3v) is 3.54. The minimum absolute atomic E-state index is 0.527. The van der Waals surface area contributed by atoms with Crippen molar-refractivity contribution in [1.29, 1.82) is 0 Å². The van der Waals surface area contributed by atoms with E-state index in [4.69, 9.17) is 16.3 Å². The molecule has 17 heavy (non-hydrogen) atoms. The number of ether oxygens (including phenoxy) is 1. The molecule has 0 unspecified atom stereocenters. The van der Waals surface area contributed by atoms with Crippen molar-refractivity contribution in [1.82, 2.24) is 4.98 Å². The first-order valence-electron chi connectivity index (χ1n) is 5.15. The Kier molecular flexibility index (Phi) is 4.29. The largest absolute Gasteiger partial charge is 0.497 e. The molecule has 0 atom stereocenters. The lowest BCUT2D eigenvalue weighted by molar-refractivity contribution is 0.414. The van der Waals surface area contributed by atoms with E-state index in [9.17, 15) is 0 Å². The molecule has 2 nitrogen and oxygen atoms in total.